The number of aryl methyl sites for hydroxylation is 1. The first kappa shape index (κ1) is 13.7. The summed E-state index contributed by atoms with van der Waals surface area (Å²) >= 11 is 0. The van der Waals surface area contributed by atoms with E-state index in [4.69, 9.17) is 5.84 Å². The summed E-state index contributed by atoms with van der Waals surface area (Å²) in [5, 5.41) is 12.3. The SMILES string of the molecule is Cc1cccc(S(=O)(=O)C(CC(C)O)=NN)c1. The second-order valence-electron chi connectivity index (χ2n) is 3.90. The molecule has 0 saturated heterocycles. The molecule has 0 aromatic heterocycles. The van der Waals surface area contributed by atoms with Crippen LogP contribution in [0, 0.1) is 6.92 Å². The minimum absolute atomic E-state index is 0.0905. The van der Waals surface area contributed by atoms with Gasteiger partial charge in [0.25, 0.3) is 0 Å². The van der Waals surface area contributed by atoms with Crippen LogP contribution in [0.25, 0.3) is 0 Å². The maximum absolute atomic E-state index is 12.1. The summed E-state index contributed by atoms with van der Waals surface area (Å²) in [5.41, 5.74) is 0.833. The molecule has 0 radical (unpaired) electrons. The van der Waals surface area contributed by atoms with Crippen molar-refractivity contribution in [2.75, 3.05) is 0 Å². The van der Waals surface area contributed by atoms with Gasteiger partial charge in [0.1, 0.15) is 0 Å². The highest BCUT2D eigenvalue weighted by atomic mass is 32.2. The zero-order valence-corrected chi connectivity index (χ0v) is 10.6. The zero-order valence-electron chi connectivity index (χ0n) is 9.79. The van der Waals surface area contributed by atoms with E-state index in [0.29, 0.717) is 0 Å². The van der Waals surface area contributed by atoms with E-state index in [1.807, 2.05) is 0 Å². The van der Waals surface area contributed by atoms with Gasteiger partial charge >= 0.3 is 0 Å². The first-order valence-electron chi connectivity index (χ1n) is 5.14. The molecule has 0 heterocycles. The second-order valence-corrected chi connectivity index (χ2v) is 5.85. The molecule has 1 unspecified atom stereocenters. The van der Waals surface area contributed by atoms with Gasteiger partial charge in [-0.3, -0.25) is 0 Å². The van der Waals surface area contributed by atoms with E-state index in [2.05, 4.69) is 5.10 Å². The molecule has 1 atom stereocenters. The lowest BCUT2D eigenvalue weighted by Gasteiger charge is -2.09. The van der Waals surface area contributed by atoms with Crippen LogP contribution in [-0.4, -0.2) is 24.7 Å². The molecule has 3 N–H and O–H groups in total. The lowest BCUT2D eigenvalue weighted by Crippen LogP contribution is -2.21. The van der Waals surface area contributed by atoms with Crippen LogP contribution in [0.3, 0.4) is 0 Å². The molecule has 0 bridgehead atoms. The summed E-state index contributed by atoms with van der Waals surface area (Å²) in [6, 6.07) is 6.48. The lowest BCUT2D eigenvalue weighted by atomic mass is 10.2. The number of hydrogen-bond acceptors (Lipinski definition) is 5. The Hall–Kier alpha value is -1.40. The van der Waals surface area contributed by atoms with Gasteiger partial charge in [-0.25, -0.2) is 8.42 Å². The number of aliphatic hydroxyl groups excluding tert-OH is 1. The van der Waals surface area contributed by atoms with Crippen LogP contribution in [0.4, 0.5) is 0 Å². The normalized spacial score (nSPS) is 14.6. The van der Waals surface area contributed by atoms with Crippen molar-refractivity contribution in [2.24, 2.45) is 10.9 Å². The fourth-order valence-electron chi connectivity index (χ4n) is 1.40. The van der Waals surface area contributed by atoms with Crippen molar-refractivity contribution in [3.63, 3.8) is 0 Å². The van der Waals surface area contributed by atoms with Gasteiger partial charge in [-0.1, -0.05) is 12.1 Å². The molecule has 1 aromatic rings. The molecular formula is C11H16N2O3S. The Labute approximate surface area is 101 Å². The molecule has 17 heavy (non-hydrogen) atoms. The maximum atomic E-state index is 12.1. The molecule has 0 fully saturated rings. The number of rotatable bonds is 3. The Morgan fingerprint density at radius 3 is 2.65 bits per heavy atom. The molecule has 6 heteroatoms. The predicted octanol–water partition coefficient (Wildman–Crippen LogP) is 0.812. The van der Waals surface area contributed by atoms with E-state index in [-0.39, 0.29) is 16.4 Å². The van der Waals surface area contributed by atoms with Gasteiger partial charge in [0.2, 0.25) is 9.84 Å². The molecule has 0 amide bonds. The number of nitrogens with zero attached hydrogens (tertiary/aromatic N) is 1. The van der Waals surface area contributed by atoms with Crippen LogP contribution >= 0.6 is 0 Å². The van der Waals surface area contributed by atoms with Crippen molar-refractivity contribution < 1.29 is 13.5 Å². The van der Waals surface area contributed by atoms with Gasteiger partial charge in [-0.15, -0.1) is 0 Å². The van der Waals surface area contributed by atoms with E-state index >= 15 is 0 Å². The van der Waals surface area contributed by atoms with E-state index in [9.17, 15) is 13.5 Å². The summed E-state index contributed by atoms with van der Waals surface area (Å²) < 4.78 is 24.3. The number of nitrogens with two attached hydrogens (primary N) is 1. The average molecular weight is 256 g/mol. The van der Waals surface area contributed by atoms with Crippen LogP contribution in [-0.2, 0) is 9.84 Å². The topological polar surface area (TPSA) is 92.8 Å². The van der Waals surface area contributed by atoms with Crippen LogP contribution in [0.5, 0.6) is 0 Å². The number of hydrazone groups is 1. The molecule has 0 aliphatic heterocycles. The number of sulfone groups is 1. The first-order valence-corrected chi connectivity index (χ1v) is 6.63. The third kappa shape index (κ3) is 3.28. The average Bonchev–Trinajstić information content (AvgIpc) is 2.25. The van der Waals surface area contributed by atoms with E-state index in [0.717, 1.165) is 5.56 Å². The summed E-state index contributed by atoms with van der Waals surface area (Å²) in [6.45, 7) is 3.28. The van der Waals surface area contributed by atoms with Crippen molar-refractivity contribution in [3.8, 4) is 0 Å². The van der Waals surface area contributed by atoms with Crippen molar-refractivity contribution in [1.82, 2.24) is 0 Å². The van der Waals surface area contributed by atoms with Gasteiger partial charge in [-0.05, 0) is 31.5 Å². The fourth-order valence-corrected chi connectivity index (χ4v) is 2.87. The molecule has 1 aromatic carbocycles. The highest BCUT2D eigenvalue weighted by Gasteiger charge is 2.23. The van der Waals surface area contributed by atoms with Gasteiger partial charge in [-0.2, -0.15) is 5.10 Å². The molecule has 5 nitrogen and oxygen atoms in total. The van der Waals surface area contributed by atoms with Crippen molar-refractivity contribution >= 4 is 14.9 Å². The van der Waals surface area contributed by atoms with Crippen LogP contribution < -0.4 is 5.84 Å². The molecule has 0 aliphatic rings. The van der Waals surface area contributed by atoms with Crippen LogP contribution in [0.2, 0.25) is 0 Å². The molecule has 1 rings (SSSR count). The summed E-state index contributed by atoms with van der Waals surface area (Å²) in [6.07, 6.45) is -0.899. The first-order chi connectivity index (χ1) is 7.87. The molecule has 94 valence electrons. The highest BCUT2D eigenvalue weighted by Crippen LogP contribution is 2.16. The Morgan fingerprint density at radius 2 is 2.18 bits per heavy atom. The number of benzene rings is 1. The lowest BCUT2D eigenvalue weighted by molar-refractivity contribution is 0.203. The maximum Gasteiger partial charge on any atom is 0.221 e. The molecular weight excluding hydrogens is 240 g/mol. The monoisotopic (exact) mass is 256 g/mol. The van der Waals surface area contributed by atoms with E-state index < -0.39 is 15.9 Å². The van der Waals surface area contributed by atoms with Gasteiger partial charge in [0.05, 0.1) is 11.0 Å². The Balaban J connectivity index is 3.19. The molecule has 0 spiro atoms. The zero-order chi connectivity index (χ0) is 13.1. The van der Waals surface area contributed by atoms with E-state index in [1.54, 1.807) is 25.1 Å². The second kappa shape index (κ2) is 5.29. The summed E-state index contributed by atoms with van der Waals surface area (Å²) in [7, 11) is -3.70. The largest absolute Gasteiger partial charge is 0.393 e. The third-order valence-electron chi connectivity index (χ3n) is 2.22. The molecule has 0 aliphatic carbocycles. The minimum Gasteiger partial charge on any atom is -0.393 e. The van der Waals surface area contributed by atoms with Crippen LogP contribution in [0.15, 0.2) is 34.3 Å². The smallest absolute Gasteiger partial charge is 0.221 e. The quantitative estimate of drug-likeness (QED) is 0.362. The summed E-state index contributed by atoms with van der Waals surface area (Å²) in [4.78, 5) is 0.141. The number of hydrogen-bond donors (Lipinski definition) is 2. The highest BCUT2D eigenvalue weighted by molar-refractivity contribution is 8.06. The van der Waals surface area contributed by atoms with Crippen LogP contribution in [0.1, 0.15) is 18.9 Å². The van der Waals surface area contributed by atoms with Gasteiger partial charge < -0.3 is 10.9 Å². The van der Waals surface area contributed by atoms with Crippen molar-refractivity contribution in [1.29, 1.82) is 0 Å². The standard InChI is InChI=1S/C11H16N2O3S/c1-8-4-3-5-10(6-8)17(15,16)11(13-12)7-9(2)14/h3-6,9,14H,7,12H2,1-2H3. The fraction of sp³-hybridized carbons (Fsp3) is 0.364. The predicted molar refractivity (Wildman–Crippen MR) is 66.3 cm³/mol. The number of aliphatic hydroxyl groups is 1. The van der Waals surface area contributed by atoms with E-state index in [1.165, 1.54) is 13.0 Å². The van der Waals surface area contributed by atoms with Crippen molar-refractivity contribution in [2.45, 2.75) is 31.3 Å². The Kier molecular flexibility index (Phi) is 4.25. The Morgan fingerprint density at radius 1 is 1.53 bits per heavy atom. The molecule has 0 saturated carbocycles. The third-order valence-corrected chi connectivity index (χ3v) is 3.99. The minimum atomic E-state index is -3.70. The van der Waals surface area contributed by atoms with Gasteiger partial charge in [0.15, 0.2) is 5.04 Å². The van der Waals surface area contributed by atoms with Crippen molar-refractivity contribution in [3.05, 3.63) is 29.8 Å². The summed E-state index contributed by atoms with van der Waals surface area (Å²) in [5.74, 6) is 5.08. The Bertz CT molecular complexity index is 521. The van der Waals surface area contributed by atoms with Gasteiger partial charge in [0, 0.05) is 6.42 Å².